The van der Waals surface area contributed by atoms with Gasteiger partial charge in [0.25, 0.3) is 0 Å². The van der Waals surface area contributed by atoms with E-state index in [4.69, 9.17) is 4.74 Å². The fourth-order valence-corrected chi connectivity index (χ4v) is 3.28. The Morgan fingerprint density at radius 1 is 1.56 bits per heavy atom. The van der Waals surface area contributed by atoms with Crippen molar-refractivity contribution in [1.29, 1.82) is 0 Å². The molecule has 2 rings (SSSR count). The van der Waals surface area contributed by atoms with Gasteiger partial charge in [-0.1, -0.05) is 13.0 Å². The molecule has 1 aliphatic heterocycles. The molecule has 1 aromatic rings. The minimum Gasteiger partial charge on any atom is -0.475 e. The number of thioether (sulfide) groups is 1. The van der Waals surface area contributed by atoms with Gasteiger partial charge in [-0.25, -0.2) is 4.98 Å². The van der Waals surface area contributed by atoms with Crippen molar-refractivity contribution >= 4 is 11.8 Å². The number of hydrogen-bond acceptors (Lipinski definition) is 4. The van der Waals surface area contributed by atoms with Crippen molar-refractivity contribution in [3.8, 4) is 5.88 Å². The number of rotatable bonds is 5. The number of nitrogens with zero attached hydrogens (tertiary/aromatic N) is 1. The third-order valence-electron chi connectivity index (χ3n) is 2.98. The maximum Gasteiger partial charge on any atom is 0.218 e. The summed E-state index contributed by atoms with van der Waals surface area (Å²) < 4.78 is 5.73. The number of pyridine rings is 1. The van der Waals surface area contributed by atoms with Crippen molar-refractivity contribution < 1.29 is 4.74 Å². The van der Waals surface area contributed by atoms with Crippen LogP contribution < -0.4 is 10.1 Å². The minimum absolute atomic E-state index is 0.167. The lowest BCUT2D eigenvalue weighted by atomic mass is 10.2. The highest BCUT2D eigenvalue weighted by Crippen LogP contribution is 2.26. The summed E-state index contributed by atoms with van der Waals surface area (Å²) in [5, 5.41) is 4.38. The molecule has 2 unspecified atom stereocenters. The Labute approximate surface area is 114 Å². The summed E-state index contributed by atoms with van der Waals surface area (Å²) in [6.45, 7) is 7.19. The Kier molecular flexibility index (Phi) is 4.89. The predicted octanol–water partition coefficient (Wildman–Crippen LogP) is 2.85. The second-order valence-electron chi connectivity index (χ2n) is 5.09. The summed E-state index contributed by atoms with van der Waals surface area (Å²) in [5.74, 6) is 1.97. The Balaban J connectivity index is 1.92. The van der Waals surface area contributed by atoms with E-state index >= 15 is 0 Å². The van der Waals surface area contributed by atoms with Crippen LogP contribution in [0.2, 0.25) is 0 Å². The van der Waals surface area contributed by atoms with Gasteiger partial charge in [0.2, 0.25) is 5.88 Å². The van der Waals surface area contributed by atoms with Crippen LogP contribution in [0.1, 0.15) is 32.8 Å². The van der Waals surface area contributed by atoms with E-state index < -0.39 is 0 Å². The monoisotopic (exact) mass is 266 g/mol. The quantitative estimate of drug-likeness (QED) is 0.888. The van der Waals surface area contributed by atoms with E-state index in [1.807, 2.05) is 31.7 Å². The maximum absolute atomic E-state index is 5.73. The Morgan fingerprint density at radius 2 is 2.39 bits per heavy atom. The van der Waals surface area contributed by atoms with Crippen LogP contribution in [-0.4, -0.2) is 28.1 Å². The zero-order chi connectivity index (χ0) is 13.0. The average Bonchev–Trinajstić information content (AvgIpc) is 2.73. The topological polar surface area (TPSA) is 34.1 Å². The average molecular weight is 266 g/mol. The van der Waals surface area contributed by atoms with Crippen LogP contribution in [0.4, 0.5) is 0 Å². The summed E-state index contributed by atoms with van der Waals surface area (Å²) in [6.07, 6.45) is 3.21. The molecular weight excluding hydrogens is 244 g/mol. The van der Waals surface area contributed by atoms with Gasteiger partial charge in [0, 0.05) is 35.3 Å². The first-order valence-corrected chi connectivity index (χ1v) is 7.65. The molecule has 0 bridgehead atoms. The smallest absolute Gasteiger partial charge is 0.218 e. The number of ether oxygens (including phenoxy) is 1. The van der Waals surface area contributed by atoms with Gasteiger partial charge in [0.1, 0.15) is 0 Å². The normalized spacial score (nSPS) is 23.6. The standard InChI is InChI=1S/C14H22N2OS/c1-10(2)17-14-12(5-4-6-15-14)8-16-13-7-11(3)18-9-13/h4-6,10-11,13,16H,7-9H2,1-3H3. The molecule has 4 heteroatoms. The molecule has 2 heterocycles. The lowest BCUT2D eigenvalue weighted by Crippen LogP contribution is -2.28. The Bertz CT molecular complexity index is 384. The van der Waals surface area contributed by atoms with Gasteiger partial charge >= 0.3 is 0 Å². The van der Waals surface area contributed by atoms with Gasteiger partial charge in [-0.2, -0.15) is 11.8 Å². The highest BCUT2D eigenvalue weighted by atomic mass is 32.2. The van der Waals surface area contributed by atoms with E-state index in [9.17, 15) is 0 Å². The second kappa shape index (κ2) is 6.43. The molecule has 2 atom stereocenters. The summed E-state index contributed by atoms with van der Waals surface area (Å²) >= 11 is 2.05. The SMILES string of the molecule is CC(C)Oc1ncccc1CNC1CSC(C)C1. The van der Waals surface area contributed by atoms with Crippen LogP contribution in [0, 0.1) is 0 Å². The molecule has 3 nitrogen and oxygen atoms in total. The zero-order valence-corrected chi connectivity index (χ0v) is 12.2. The van der Waals surface area contributed by atoms with Gasteiger partial charge in [-0.05, 0) is 26.3 Å². The van der Waals surface area contributed by atoms with Crippen LogP contribution in [0.3, 0.4) is 0 Å². The van der Waals surface area contributed by atoms with E-state index in [1.165, 1.54) is 12.2 Å². The number of nitrogens with one attached hydrogen (secondary N) is 1. The van der Waals surface area contributed by atoms with Crippen molar-refractivity contribution in [3.63, 3.8) is 0 Å². The van der Waals surface area contributed by atoms with Crippen molar-refractivity contribution in [2.75, 3.05) is 5.75 Å². The van der Waals surface area contributed by atoms with Crippen LogP contribution in [0.15, 0.2) is 18.3 Å². The van der Waals surface area contributed by atoms with Crippen molar-refractivity contribution in [2.24, 2.45) is 0 Å². The minimum atomic E-state index is 0.167. The Morgan fingerprint density at radius 3 is 3.06 bits per heavy atom. The van der Waals surface area contributed by atoms with E-state index in [0.29, 0.717) is 6.04 Å². The van der Waals surface area contributed by atoms with E-state index in [1.54, 1.807) is 6.20 Å². The summed E-state index contributed by atoms with van der Waals surface area (Å²) in [4.78, 5) is 4.31. The van der Waals surface area contributed by atoms with E-state index in [0.717, 1.165) is 23.2 Å². The molecule has 1 fully saturated rings. The van der Waals surface area contributed by atoms with Crippen molar-refractivity contribution in [2.45, 2.75) is 51.1 Å². The van der Waals surface area contributed by atoms with Crippen molar-refractivity contribution in [1.82, 2.24) is 10.3 Å². The first kappa shape index (κ1) is 13.7. The van der Waals surface area contributed by atoms with Crippen LogP contribution in [0.5, 0.6) is 5.88 Å². The molecule has 1 N–H and O–H groups in total. The summed E-state index contributed by atoms with van der Waals surface area (Å²) in [5.41, 5.74) is 1.15. The highest BCUT2D eigenvalue weighted by Gasteiger charge is 2.21. The predicted molar refractivity (Wildman–Crippen MR) is 77.2 cm³/mol. The Hall–Kier alpha value is -0.740. The van der Waals surface area contributed by atoms with Gasteiger partial charge in [0.15, 0.2) is 0 Å². The largest absolute Gasteiger partial charge is 0.475 e. The molecule has 1 aliphatic rings. The lowest BCUT2D eigenvalue weighted by molar-refractivity contribution is 0.229. The zero-order valence-electron chi connectivity index (χ0n) is 11.3. The lowest BCUT2D eigenvalue weighted by Gasteiger charge is -2.15. The molecule has 0 aliphatic carbocycles. The highest BCUT2D eigenvalue weighted by molar-refractivity contribution is 8.00. The van der Waals surface area contributed by atoms with Crippen molar-refractivity contribution in [3.05, 3.63) is 23.9 Å². The summed E-state index contributed by atoms with van der Waals surface area (Å²) in [7, 11) is 0. The molecule has 18 heavy (non-hydrogen) atoms. The van der Waals surface area contributed by atoms with Gasteiger partial charge in [0.05, 0.1) is 6.10 Å². The van der Waals surface area contributed by atoms with Gasteiger partial charge < -0.3 is 10.1 Å². The first-order chi connectivity index (χ1) is 8.65. The molecule has 0 radical (unpaired) electrons. The molecule has 1 aromatic heterocycles. The molecule has 100 valence electrons. The third kappa shape index (κ3) is 3.89. The molecular formula is C14H22N2OS. The number of aromatic nitrogens is 1. The molecule has 0 amide bonds. The molecule has 1 saturated heterocycles. The first-order valence-electron chi connectivity index (χ1n) is 6.60. The van der Waals surface area contributed by atoms with E-state index in [-0.39, 0.29) is 6.10 Å². The fourth-order valence-electron chi connectivity index (χ4n) is 2.10. The van der Waals surface area contributed by atoms with Crippen LogP contribution in [0.25, 0.3) is 0 Å². The van der Waals surface area contributed by atoms with Gasteiger partial charge in [-0.15, -0.1) is 0 Å². The van der Waals surface area contributed by atoms with E-state index in [2.05, 4.69) is 23.3 Å². The fraction of sp³-hybridized carbons (Fsp3) is 0.643. The van der Waals surface area contributed by atoms with Crippen LogP contribution >= 0.6 is 11.8 Å². The maximum atomic E-state index is 5.73. The summed E-state index contributed by atoms with van der Waals surface area (Å²) in [6, 6.07) is 4.68. The molecule has 0 saturated carbocycles. The van der Waals surface area contributed by atoms with Gasteiger partial charge in [-0.3, -0.25) is 0 Å². The molecule has 0 spiro atoms. The molecule has 0 aromatic carbocycles. The van der Waals surface area contributed by atoms with Crippen LogP contribution in [-0.2, 0) is 6.54 Å². The number of hydrogen-bond donors (Lipinski definition) is 1. The second-order valence-corrected chi connectivity index (χ2v) is 6.56. The third-order valence-corrected chi connectivity index (χ3v) is 4.33.